The molecule has 0 atom stereocenters. The van der Waals surface area contributed by atoms with Gasteiger partial charge < -0.3 is 14.5 Å². The summed E-state index contributed by atoms with van der Waals surface area (Å²) in [5, 5.41) is 2.86. The highest BCUT2D eigenvalue weighted by atomic mass is 32.2. The van der Waals surface area contributed by atoms with Gasteiger partial charge in [-0.05, 0) is 12.1 Å². The Morgan fingerprint density at radius 1 is 1.42 bits per heavy atom. The first-order valence-corrected chi connectivity index (χ1v) is 6.49. The number of amides is 1. The van der Waals surface area contributed by atoms with Crippen molar-refractivity contribution in [3.05, 3.63) is 24.3 Å². The Hall–Kier alpha value is -2.02. The lowest BCUT2D eigenvalue weighted by Crippen LogP contribution is -2.31. The average Bonchev–Trinajstić information content (AvgIpc) is 2.85. The minimum Gasteiger partial charge on any atom is -0.468 e. The van der Waals surface area contributed by atoms with Crippen LogP contribution in [0.2, 0.25) is 0 Å². The summed E-state index contributed by atoms with van der Waals surface area (Å²) in [5.41, 5.74) is 1.43. The number of hydrogen-bond donors (Lipinski definition) is 1. The molecule has 1 aromatic carbocycles. The van der Waals surface area contributed by atoms with Gasteiger partial charge >= 0.3 is 5.97 Å². The largest absolute Gasteiger partial charge is 0.468 e. The zero-order valence-corrected chi connectivity index (χ0v) is 11.0. The van der Waals surface area contributed by atoms with Crippen LogP contribution in [-0.4, -0.2) is 36.3 Å². The van der Waals surface area contributed by atoms with Gasteiger partial charge in [0.05, 0.1) is 12.9 Å². The Labute approximate surface area is 113 Å². The summed E-state index contributed by atoms with van der Waals surface area (Å²) < 4.78 is 9.86. The highest BCUT2D eigenvalue weighted by Gasteiger charge is 2.10. The molecule has 0 aliphatic carbocycles. The Kier molecular flexibility index (Phi) is 4.40. The van der Waals surface area contributed by atoms with E-state index in [4.69, 9.17) is 4.42 Å². The highest BCUT2D eigenvalue weighted by molar-refractivity contribution is 7.99. The maximum atomic E-state index is 11.4. The number of nitrogens with zero attached hydrogens (tertiary/aromatic N) is 1. The summed E-state index contributed by atoms with van der Waals surface area (Å²) in [4.78, 5) is 26.5. The van der Waals surface area contributed by atoms with Crippen molar-refractivity contribution in [1.29, 1.82) is 0 Å². The van der Waals surface area contributed by atoms with Crippen molar-refractivity contribution < 1.29 is 18.7 Å². The van der Waals surface area contributed by atoms with Crippen molar-refractivity contribution in [2.45, 2.75) is 5.22 Å². The Balaban J connectivity index is 1.84. The van der Waals surface area contributed by atoms with Crippen LogP contribution < -0.4 is 5.32 Å². The van der Waals surface area contributed by atoms with Crippen molar-refractivity contribution in [3.63, 3.8) is 0 Å². The van der Waals surface area contributed by atoms with Gasteiger partial charge in [-0.1, -0.05) is 23.9 Å². The molecule has 1 aromatic heterocycles. The Bertz CT molecular complexity index is 563. The number of hydrogen-bond acceptors (Lipinski definition) is 6. The molecule has 100 valence electrons. The normalized spacial score (nSPS) is 10.4. The molecular weight excluding hydrogens is 268 g/mol. The molecule has 6 nitrogen and oxygen atoms in total. The molecule has 0 fully saturated rings. The number of thioether (sulfide) groups is 1. The van der Waals surface area contributed by atoms with Gasteiger partial charge in [0.25, 0.3) is 5.22 Å². The molecule has 1 N–H and O–H groups in total. The van der Waals surface area contributed by atoms with E-state index in [1.165, 1.54) is 18.9 Å². The fraction of sp³-hybridized carbons (Fsp3) is 0.250. The van der Waals surface area contributed by atoms with Gasteiger partial charge in [-0.3, -0.25) is 9.59 Å². The fourth-order valence-electron chi connectivity index (χ4n) is 1.33. The number of methoxy groups -OCH3 is 1. The van der Waals surface area contributed by atoms with Crippen molar-refractivity contribution in [1.82, 2.24) is 10.3 Å². The van der Waals surface area contributed by atoms with Gasteiger partial charge in [0.1, 0.15) is 12.1 Å². The van der Waals surface area contributed by atoms with Gasteiger partial charge in [-0.25, -0.2) is 4.98 Å². The summed E-state index contributed by atoms with van der Waals surface area (Å²) in [6.45, 7) is -0.135. The summed E-state index contributed by atoms with van der Waals surface area (Å²) in [7, 11) is 1.27. The van der Waals surface area contributed by atoms with Crippen LogP contribution in [0, 0.1) is 0 Å². The van der Waals surface area contributed by atoms with Gasteiger partial charge in [0.2, 0.25) is 5.91 Å². The number of aromatic nitrogens is 1. The maximum absolute atomic E-state index is 11.4. The van der Waals surface area contributed by atoms with Crippen molar-refractivity contribution in [2.24, 2.45) is 0 Å². The van der Waals surface area contributed by atoms with E-state index in [0.29, 0.717) is 10.8 Å². The van der Waals surface area contributed by atoms with Gasteiger partial charge in [0.15, 0.2) is 5.58 Å². The molecule has 0 spiro atoms. The molecule has 7 heteroatoms. The minimum atomic E-state index is -0.486. The van der Waals surface area contributed by atoms with Gasteiger partial charge in [-0.15, -0.1) is 0 Å². The predicted octanol–water partition coefficient (Wildman–Crippen LogP) is 1.21. The number of fused-ring (bicyclic) bond motifs is 1. The second kappa shape index (κ2) is 6.24. The molecule has 1 amide bonds. The fourth-order valence-corrected chi connectivity index (χ4v) is 2.00. The first kappa shape index (κ1) is 13.4. The number of carbonyl (C=O) groups is 2. The lowest BCUT2D eigenvalue weighted by Gasteiger charge is -2.01. The number of para-hydroxylation sites is 2. The van der Waals surface area contributed by atoms with Crippen LogP contribution in [0.1, 0.15) is 0 Å². The zero-order chi connectivity index (χ0) is 13.7. The van der Waals surface area contributed by atoms with Crippen LogP contribution in [0.4, 0.5) is 0 Å². The molecule has 19 heavy (non-hydrogen) atoms. The van der Waals surface area contributed by atoms with Crippen LogP contribution >= 0.6 is 11.8 Å². The van der Waals surface area contributed by atoms with Crippen LogP contribution in [0.15, 0.2) is 33.9 Å². The zero-order valence-electron chi connectivity index (χ0n) is 10.2. The quantitative estimate of drug-likeness (QED) is 0.655. The van der Waals surface area contributed by atoms with E-state index < -0.39 is 5.97 Å². The number of esters is 1. The van der Waals surface area contributed by atoms with Crippen LogP contribution in [0.5, 0.6) is 0 Å². The molecule has 0 bridgehead atoms. The van der Waals surface area contributed by atoms with E-state index in [9.17, 15) is 9.59 Å². The number of rotatable bonds is 5. The molecule has 0 saturated carbocycles. The second-order valence-electron chi connectivity index (χ2n) is 3.59. The van der Waals surface area contributed by atoms with E-state index in [-0.39, 0.29) is 18.2 Å². The number of benzene rings is 1. The first-order chi connectivity index (χ1) is 9.19. The molecule has 0 saturated heterocycles. The molecule has 2 rings (SSSR count). The molecule has 1 heterocycles. The van der Waals surface area contributed by atoms with Gasteiger partial charge in [0, 0.05) is 0 Å². The SMILES string of the molecule is COC(=O)CNC(=O)CSc1nc2ccccc2o1. The maximum Gasteiger partial charge on any atom is 0.325 e. The molecular formula is C12H12N2O4S. The highest BCUT2D eigenvalue weighted by Crippen LogP contribution is 2.22. The van der Waals surface area contributed by atoms with E-state index in [0.717, 1.165) is 5.52 Å². The number of oxazole rings is 1. The second-order valence-corrected chi connectivity index (χ2v) is 4.52. The summed E-state index contributed by atoms with van der Waals surface area (Å²) in [6.07, 6.45) is 0. The van der Waals surface area contributed by atoms with Crippen molar-refractivity contribution >= 4 is 34.7 Å². The lowest BCUT2D eigenvalue weighted by molar-refractivity contribution is -0.140. The average molecular weight is 280 g/mol. The van der Waals surface area contributed by atoms with Crippen LogP contribution in [0.25, 0.3) is 11.1 Å². The number of carbonyl (C=O) groups excluding carboxylic acids is 2. The Morgan fingerprint density at radius 2 is 2.21 bits per heavy atom. The first-order valence-electron chi connectivity index (χ1n) is 5.51. The third-order valence-corrected chi connectivity index (χ3v) is 3.09. The monoisotopic (exact) mass is 280 g/mol. The third kappa shape index (κ3) is 3.72. The van der Waals surface area contributed by atoms with Crippen molar-refractivity contribution in [3.8, 4) is 0 Å². The number of ether oxygens (including phenoxy) is 1. The van der Waals surface area contributed by atoms with E-state index in [1.54, 1.807) is 0 Å². The molecule has 0 aliphatic rings. The lowest BCUT2D eigenvalue weighted by atomic mass is 10.3. The van der Waals surface area contributed by atoms with E-state index in [1.807, 2.05) is 24.3 Å². The molecule has 0 unspecified atom stereocenters. The smallest absolute Gasteiger partial charge is 0.325 e. The molecule has 0 radical (unpaired) electrons. The molecule has 0 aliphatic heterocycles. The van der Waals surface area contributed by atoms with Crippen LogP contribution in [0.3, 0.4) is 0 Å². The predicted molar refractivity (Wildman–Crippen MR) is 69.8 cm³/mol. The number of nitrogens with one attached hydrogen (secondary N) is 1. The summed E-state index contributed by atoms with van der Waals surface area (Å²) >= 11 is 1.17. The summed E-state index contributed by atoms with van der Waals surface area (Å²) in [6, 6.07) is 7.36. The summed E-state index contributed by atoms with van der Waals surface area (Å²) in [5.74, 6) is -0.637. The molecule has 2 aromatic rings. The minimum absolute atomic E-state index is 0.129. The van der Waals surface area contributed by atoms with E-state index in [2.05, 4.69) is 15.0 Å². The third-order valence-electron chi connectivity index (χ3n) is 2.26. The van der Waals surface area contributed by atoms with Crippen LogP contribution in [-0.2, 0) is 14.3 Å². The van der Waals surface area contributed by atoms with E-state index >= 15 is 0 Å². The Morgan fingerprint density at radius 3 is 2.95 bits per heavy atom. The topological polar surface area (TPSA) is 81.4 Å². The standard InChI is InChI=1S/C12H12N2O4S/c1-17-11(16)6-13-10(15)7-19-12-14-8-4-2-3-5-9(8)18-12/h2-5H,6-7H2,1H3,(H,13,15). The van der Waals surface area contributed by atoms with Crippen molar-refractivity contribution in [2.75, 3.05) is 19.4 Å². The van der Waals surface area contributed by atoms with Gasteiger partial charge in [-0.2, -0.15) is 0 Å².